The fraction of sp³-hybridized carbons (Fsp3) is 0.692. The van der Waals surface area contributed by atoms with Crippen LogP contribution in [0.15, 0.2) is 47.2 Å². The van der Waals surface area contributed by atoms with Crippen molar-refractivity contribution >= 4 is 11.9 Å². The highest BCUT2D eigenvalue weighted by atomic mass is 19.4. The van der Waals surface area contributed by atoms with Gasteiger partial charge in [-0.3, -0.25) is 0 Å². The van der Waals surface area contributed by atoms with Crippen LogP contribution in [0.3, 0.4) is 0 Å². The van der Waals surface area contributed by atoms with Gasteiger partial charge < -0.3 is 28.4 Å². The Morgan fingerprint density at radius 1 is 0.709 bits per heavy atom. The summed E-state index contributed by atoms with van der Waals surface area (Å²) in [6, 6.07) is 4.65. The Hall–Kier alpha value is -3.28. The number of esters is 2. The Kier molecular flexibility index (Phi) is 8.73. The highest BCUT2D eigenvalue weighted by molar-refractivity contribution is 6.03. The van der Waals surface area contributed by atoms with Crippen molar-refractivity contribution in [2.45, 2.75) is 121 Å². The van der Waals surface area contributed by atoms with Crippen LogP contribution in [-0.4, -0.2) is 66.7 Å². The van der Waals surface area contributed by atoms with Gasteiger partial charge in [0.2, 0.25) is 29.9 Å². The number of hydrogen-bond acceptors (Lipinski definition) is 12. The number of carbonyl (C=O) groups excluding carboxylic acids is 2. The van der Waals surface area contributed by atoms with Crippen molar-refractivity contribution < 1.29 is 75.1 Å². The van der Waals surface area contributed by atoms with Crippen molar-refractivity contribution in [1.29, 1.82) is 0 Å². The molecule has 0 radical (unpaired) electrons. The van der Waals surface area contributed by atoms with Crippen LogP contribution in [0.4, 0.5) is 17.6 Å². The summed E-state index contributed by atoms with van der Waals surface area (Å²) in [5, 5.41) is 0. The predicted molar refractivity (Wildman–Crippen MR) is 176 cm³/mol. The van der Waals surface area contributed by atoms with E-state index in [4.69, 9.17) is 48.0 Å². The van der Waals surface area contributed by atoms with Gasteiger partial charge in [-0.2, -0.15) is 17.6 Å². The molecule has 4 bridgehead atoms. The lowest BCUT2D eigenvalue weighted by atomic mass is 9.59. The fourth-order valence-corrected chi connectivity index (χ4v) is 10.8. The van der Waals surface area contributed by atoms with Crippen LogP contribution in [-0.2, 0) is 48.0 Å². The third-order valence-electron chi connectivity index (χ3n) is 13.6. The summed E-state index contributed by atoms with van der Waals surface area (Å²) in [5.41, 5.74) is -3.27. The molecule has 0 N–H and O–H groups in total. The lowest BCUT2D eigenvalue weighted by Crippen LogP contribution is -2.67. The third-order valence-corrected chi connectivity index (χ3v) is 13.6. The Labute approximate surface area is 314 Å². The van der Waals surface area contributed by atoms with Crippen molar-refractivity contribution in [1.82, 2.24) is 0 Å². The highest BCUT2D eigenvalue weighted by Crippen LogP contribution is 2.62. The summed E-state index contributed by atoms with van der Waals surface area (Å²) >= 11 is 0. The van der Waals surface area contributed by atoms with E-state index in [2.05, 4.69) is 6.92 Å². The number of benzene rings is 1. The Balaban J connectivity index is 0.950. The van der Waals surface area contributed by atoms with Crippen molar-refractivity contribution in [2.75, 3.05) is 13.2 Å². The van der Waals surface area contributed by atoms with E-state index in [1.54, 1.807) is 13.8 Å². The van der Waals surface area contributed by atoms with E-state index in [1.165, 1.54) is 24.3 Å². The molecule has 2 aliphatic carbocycles. The van der Waals surface area contributed by atoms with Gasteiger partial charge in [0.25, 0.3) is 6.01 Å². The number of halogens is 4. The van der Waals surface area contributed by atoms with Crippen LogP contribution in [0.2, 0.25) is 0 Å². The van der Waals surface area contributed by atoms with Crippen LogP contribution in [0.25, 0.3) is 0 Å². The fourth-order valence-electron chi connectivity index (χ4n) is 10.8. The molecule has 1 aromatic rings. The maximum Gasteiger partial charge on any atom is 0.449 e. The molecule has 8 aliphatic heterocycles. The minimum Gasteiger partial charge on any atom is -0.457 e. The SMILES string of the molecule is C[C@@H]1CC[C@H]2C(COC(=O)c3ccccc3C(=O)OCC3=C(C(F)(F)F)O[C@@H]4O[C@]5(C)CCC6[C@H](C)CC[C@@H]3[C@]64OO5)=C(F)O[C@@H]3O[C@@]4(C)CCC1[C@]32OO4. The number of carbonyl (C=O) groups is 2. The van der Waals surface area contributed by atoms with Gasteiger partial charge in [0.15, 0.2) is 11.2 Å². The molecule has 16 heteroatoms. The topological polar surface area (TPSA) is 126 Å². The molecule has 55 heavy (non-hydrogen) atoms. The molecule has 11 rings (SSSR count). The second-order valence-corrected chi connectivity index (χ2v) is 16.8. The first-order valence-electron chi connectivity index (χ1n) is 19.1. The van der Waals surface area contributed by atoms with E-state index in [0.29, 0.717) is 38.5 Å². The third kappa shape index (κ3) is 5.67. The summed E-state index contributed by atoms with van der Waals surface area (Å²) in [6.07, 6.45) is -3.10. The van der Waals surface area contributed by atoms with Gasteiger partial charge in [0.05, 0.1) is 11.1 Å². The molecule has 12 nitrogen and oxygen atoms in total. The molecule has 8 fully saturated rings. The van der Waals surface area contributed by atoms with Gasteiger partial charge in [0, 0.05) is 47.7 Å². The van der Waals surface area contributed by atoms with Crippen LogP contribution in [0, 0.1) is 35.5 Å². The smallest absolute Gasteiger partial charge is 0.449 e. The van der Waals surface area contributed by atoms with Gasteiger partial charge in [-0.05, 0) is 76.3 Å². The van der Waals surface area contributed by atoms with Crippen LogP contribution >= 0.6 is 0 Å². The van der Waals surface area contributed by atoms with Crippen LogP contribution < -0.4 is 0 Å². The number of ether oxygens (including phenoxy) is 6. The molecule has 300 valence electrons. The second kappa shape index (κ2) is 12.9. The molecule has 1 aromatic carbocycles. The summed E-state index contributed by atoms with van der Waals surface area (Å²) in [5.74, 6) is -7.32. The van der Waals surface area contributed by atoms with Crippen molar-refractivity contribution in [3.05, 3.63) is 58.3 Å². The zero-order valence-corrected chi connectivity index (χ0v) is 30.9. The first-order chi connectivity index (χ1) is 26.1. The molecule has 2 unspecified atom stereocenters. The molecule has 8 heterocycles. The first kappa shape index (κ1) is 37.3. The zero-order chi connectivity index (χ0) is 38.7. The minimum absolute atomic E-state index is 0.0672. The van der Waals surface area contributed by atoms with Crippen LogP contribution in [0.5, 0.6) is 0 Å². The number of allylic oxidation sites excluding steroid dienone is 1. The molecule has 0 aromatic heterocycles. The average Bonchev–Trinajstić information content (AvgIpc) is 3.52. The Morgan fingerprint density at radius 2 is 1.18 bits per heavy atom. The molecule has 2 saturated carbocycles. The monoisotopic (exact) mass is 780 g/mol. The van der Waals surface area contributed by atoms with E-state index >= 15 is 4.39 Å². The van der Waals surface area contributed by atoms with E-state index < -0.39 is 90.3 Å². The summed E-state index contributed by atoms with van der Waals surface area (Å²) in [4.78, 5) is 50.8. The van der Waals surface area contributed by atoms with Crippen molar-refractivity contribution in [2.24, 2.45) is 35.5 Å². The van der Waals surface area contributed by atoms with E-state index in [9.17, 15) is 22.8 Å². The van der Waals surface area contributed by atoms with Gasteiger partial charge in [-0.15, -0.1) is 0 Å². The molecule has 6 saturated heterocycles. The van der Waals surface area contributed by atoms with Crippen molar-refractivity contribution in [3.63, 3.8) is 0 Å². The van der Waals surface area contributed by atoms with Gasteiger partial charge in [-0.25, -0.2) is 29.1 Å². The maximum absolute atomic E-state index is 15.7. The first-order valence-corrected chi connectivity index (χ1v) is 19.1. The number of rotatable bonds is 6. The average molecular weight is 781 g/mol. The highest BCUT2D eigenvalue weighted by Gasteiger charge is 2.71. The molecule has 10 aliphatic rings. The number of hydrogen-bond donors (Lipinski definition) is 0. The Bertz CT molecular complexity index is 1830. The zero-order valence-electron chi connectivity index (χ0n) is 30.9. The normalized spacial score (nSPS) is 43.0. The molecule has 0 amide bonds. The standard InChI is InChI=1S/C39H44F4O12/c1-19-9-11-27-23(29(39(41,42)43)48-33-37(27)25(19)13-15-35(3,50-33)52-54-37)17-46-31(44)21-7-5-6-8-22(21)32(45)47-18-24-28-12-10-20(2)26-14-16-36(4)51-34(49-30(24)40)38(26,28)55-53-36/h5-8,19-20,25-28,33-34H,9-18H2,1-4H3/t19-,20-,25?,26?,27+,28+,33-,34-,35+,36-,37-,38-/m1/s1. The summed E-state index contributed by atoms with van der Waals surface area (Å²) in [6.45, 7) is 6.11. The van der Waals surface area contributed by atoms with Crippen molar-refractivity contribution in [3.8, 4) is 0 Å². The summed E-state index contributed by atoms with van der Waals surface area (Å²) < 4.78 is 94.4. The quantitative estimate of drug-likeness (QED) is 0.161. The molecule has 12 atom stereocenters. The van der Waals surface area contributed by atoms with Gasteiger partial charge in [-0.1, -0.05) is 26.0 Å². The lowest BCUT2D eigenvalue weighted by Gasteiger charge is -2.57. The van der Waals surface area contributed by atoms with Gasteiger partial charge >= 0.3 is 18.1 Å². The number of fused-ring (bicyclic) bond motifs is 4. The largest absolute Gasteiger partial charge is 0.457 e. The predicted octanol–water partition coefficient (Wildman–Crippen LogP) is 7.49. The summed E-state index contributed by atoms with van der Waals surface area (Å²) in [7, 11) is 0. The second-order valence-electron chi connectivity index (χ2n) is 16.8. The Morgan fingerprint density at radius 3 is 1.69 bits per heavy atom. The molecular weight excluding hydrogens is 736 g/mol. The number of alkyl halides is 3. The minimum atomic E-state index is -4.94. The van der Waals surface area contributed by atoms with Gasteiger partial charge in [0.1, 0.15) is 13.2 Å². The lowest BCUT2D eigenvalue weighted by molar-refractivity contribution is -0.557. The van der Waals surface area contributed by atoms with E-state index in [1.807, 2.05) is 6.92 Å². The van der Waals surface area contributed by atoms with E-state index in [0.717, 1.165) is 6.42 Å². The van der Waals surface area contributed by atoms with Crippen LogP contribution in [0.1, 0.15) is 99.8 Å². The molecule has 2 spiro atoms. The van der Waals surface area contributed by atoms with E-state index in [-0.39, 0.29) is 52.4 Å². The molecular formula is C39H44F4O12. The maximum atomic E-state index is 15.7.